The van der Waals surface area contributed by atoms with Gasteiger partial charge in [-0.1, -0.05) is 13.8 Å². The summed E-state index contributed by atoms with van der Waals surface area (Å²) in [5, 5.41) is 8.68. The van der Waals surface area contributed by atoms with Crippen LogP contribution in [0.2, 0.25) is 0 Å². The lowest BCUT2D eigenvalue weighted by atomic mass is 9.88. The van der Waals surface area contributed by atoms with Crippen LogP contribution in [0.3, 0.4) is 0 Å². The number of aliphatic hydroxyl groups is 1. The van der Waals surface area contributed by atoms with Crippen molar-refractivity contribution < 1.29 is 23.1 Å². The highest BCUT2D eigenvalue weighted by atomic mass is 19.4. The summed E-state index contributed by atoms with van der Waals surface area (Å²) in [6.07, 6.45) is -4.32. The van der Waals surface area contributed by atoms with Crippen molar-refractivity contribution >= 4 is 5.78 Å². The normalized spacial score (nSPS) is 13.2. The van der Waals surface area contributed by atoms with E-state index < -0.39 is 18.1 Å². The molecular weight excluding hydrogens is 223 g/mol. The van der Waals surface area contributed by atoms with Gasteiger partial charge in [0.1, 0.15) is 5.78 Å². The molecule has 0 aromatic rings. The Morgan fingerprint density at radius 3 is 2.06 bits per heavy atom. The molecule has 0 spiro atoms. The fraction of sp³-hybridized carbons (Fsp3) is 0.900. The molecule has 0 atom stereocenters. The van der Waals surface area contributed by atoms with E-state index in [9.17, 15) is 18.0 Å². The number of nitrogens with zero attached hydrogens (tertiary/aromatic N) is 1. The second-order valence-electron chi connectivity index (χ2n) is 4.49. The van der Waals surface area contributed by atoms with Gasteiger partial charge in [0.05, 0.1) is 13.2 Å². The monoisotopic (exact) mass is 241 g/mol. The van der Waals surface area contributed by atoms with E-state index in [1.165, 1.54) is 6.92 Å². The zero-order valence-corrected chi connectivity index (χ0v) is 9.76. The molecule has 0 saturated carbocycles. The molecule has 0 saturated heterocycles. The first kappa shape index (κ1) is 15.4. The second kappa shape index (κ2) is 5.63. The average Bonchev–Trinajstić information content (AvgIpc) is 1.99. The number of halogens is 3. The molecular formula is C10H18F3NO2. The SMILES string of the molecule is CC(=O)C(C)(C)CN(CCO)CC(F)(F)F. The summed E-state index contributed by atoms with van der Waals surface area (Å²) in [6, 6.07) is 0. The number of alkyl halides is 3. The fourth-order valence-corrected chi connectivity index (χ4v) is 1.28. The summed E-state index contributed by atoms with van der Waals surface area (Å²) in [6.45, 7) is 2.98. The zero-order chi connectivity index (χ0) is 13.0. The maximum Gasteiger partial charge on any atom is 0.401 e. The maximum absolute atomic E-state index is 12.2. The van der Waals surface area contributed by atoms with Gasteiger partial charge in [-0.3, -0.25) is 9.69 Å². The van der Waals surface area contributed by atoms with E-state index in [1.54, 1.807) is 13.8 Å². The van der Waals surface area contributed by atoms with Crippen LogP contribution >= 0.6 is 0 Å². The second-order valence-corrected chi connectivity index (χ2v) is 4.49. The van der Waals surface area contributed by atoms with Crippen LogP contribution in [-0.2, 0) is 4.79 Å². The smallest absolute Gasteiger partial charge is 0.395 e. The highest BCUT2D eigenvalue weighted by Crippen LogP contribution is 2.22. The summed E-state index contributed by atoms with van der Waals surface area (Å²) in [5.74, 6) is -0.169. The lowest BCUT2D eigenvalue weighted by Gasteiger charge is -2.30. The molecule has 6 heteroatoms. The van der Waals surface area contributed by atoms with Crippen molar-refractivity contribution in [3.05, 3.63) is 0 Å². The Balaban J connectivity index is 4.50. The minimum atomic E-state index is -4.32. The van der Waals surface area contributed by atoms with Crippen LogP contribution < -0.4 is 0 Å². The van der Waals surface area contributed by atoms with E-state index in [-0.39, 0.29) is 25.5 Å². The molecule has 0 fully saturated rings. The van der Waals surface area contributed by atoms with Gasteiger partial charge in [-0.25, -0.2) is 0 Å². The third kappa shape index (κ3) is 6.07. The highest BCUT2D eigenvalue weighted by molar-refractivity contribution is 5.81. The van der Waals surface area contributed by atoms with Crippen molar-refractivity contribution in [2.75, 3.05) is 26.2 Å². The molecule has 0 aromatic heterocycles. The van der Waals surface area contributed by atoms with E-state index in [0.717, 1.165) is 4.90 Å². The Labute approximate surface area is 93.2 Å². The standard InChI is InChI=1S/C10H18F3NO2/c1-8(16)9(2,3)6-14(4-5-15)7-10(11,12)13/h15H,4-7H2,1-3H3. The minimum absolute atomic E-state index is 0.0115. The highest BCUT2D eigenvalue weighted by Gasteiger charge is 2.34. The van der Waals surface area contributed by atoms with Crippen LogP contribution in [0.4, 0.5) is 13.2 Å². The van der Waals surface area contributed by atoms with E-state index in [4.69, 9.17) is 5.11 Å². The van der Waals surface area contributed by atoms with Crippen LogP contribution in [0.15, 0.2) is 0 Å². The summed E-state index contributed by atoms with van der Waals surface area (Å²) in [4.78, 5) is 12.2. The number of aliphatic hydroxyl groups excluding tert-OH is 1. The van der Waals surface area contributed by atoms with Crippen molar-refractivity contribution in [2.24, 2.45) is 5.41 Å². The van der Waals surface area contributed by atoms with Gasteiger partial charge in [-0.2, -0.15) is 13.2 Å². The quantitative estimate of drug-likeness (QED) is 0.765. The Morgan fingerprint density at radius 2 is 1.75 bits per heavy atom. The Bertz CT molecular complexity index is 239. The summed E-state index contributed by atoms with van der Waals surface area (Å²) >= 11 is 0. The van der Waals surface area contributed by atoms with Gasteiger partial charge in [0.15, 0.2) is 0 Å². The number of hydrogen-bond donors (Lipinski definition) is 1. The van der Waals surface area contributed by atoms with E-state index in [0.29, 0.717) is 0 Å². The summed E-state index contributed by atoms with van der Waals surface area (Å²) < 4.78 is 36.6. The molecule has 0 unspecified atom stereocenters. The lowest BCUT2D eigenvalue weighted by Crippen LogP contribution is -2.44. The molecule has 96 valence electrons. The molecule has 0 rings (SSSR count). The number of Topliss-reactive ketones (excluding diaryl/α,β-unsaturated/α-hetero) is 1. The molecule has 0 amide bonds. The first-order valence-electron chi connectivity index (χ1n) is 4.99. The average molecular weight is 241 g/mol. The molecule has 1 N–H and O–H groups in total. The van der Waals surface area contributed by atoms with Gasteiger partial charge in [0.25, 0.3) is 0 Å². The van der Waals surface area contributed by atoms with Crippen molar-refractivity contribution in [1.82, 2.24) is 4.90 Å². The first-order valence-corrected chi connectivity index (χ1v) is 4.99. The number of carbonyl (C=O) groups excluding carboxylic acids is 1. The van der Waals surface area contributed by atoms with E-state index in [2.05, 4.69) is 0 Å². The molecule has 0 radical (unpaired) electrons. The molecule has 0 aliphatic rings. The minimum Gasteiger partial charge on any atom is -0.395 e. The van der Waals surface area contributed by atoms with Crippen LogP contribution in [0.25, 0.3) is 0 Å². The predicted molar refractivity (Wildman–Crippen MR) is 54.0 cm³/mol. The van der Waals surface area contributed by atoms with Crippen LogP contribution in [0.5, 0.6) is 0 Å². The molecule has 0 heterocycles. The van der Waals surface area contributed by atoms with Gasteiger partial charge >= 0.3 is 6.18 Å². The number of hydrogen-bond acceptors (Lipinski definition) is 3. The Hall–Kier alpha value is -0.620. The zero-order valence-electron chi connectivity index (χ0n) is 9.76. The van der Waals surface area contributed by atoms with E-state index in [1.807, 2.05) is 0 Å². The van der Waals surface area contributed by atoms with Crippen molar-refractivity contribution in [3.63, 3.8) is 0 Å². The molecule has 0 bridgehead atoms. The van der Waals surface area contributed by atoms with Crippen LogP contribution in [0, 0.1) is 5.41 Å². The number of rotatable bonds is 6. The van der Waals surface area contributed by atoms with Crippen LogP contribution in [0.1, 0.15) is 20.8 Å². The summed E-state index contributed by atoms with van der Waals surface area (Å²) in [5.41, 5.74) is -0.833. The first-order chi connectivity index (χ1) is 7.08. The molecule has 0 aliphatic heterocycles. The maximum atomic E-state index is 12.2. The van der Waals surface area contributed by atoms with Gasteiger partial charge in [-0.15, -0.1) is 0 Å². The molecule has 3 nitrogen and oxygen atoms in total. The van der Waals surface area contributed by atoms with Crippen molar-refractivity contribution in [3.8, 4) is 0 Å². The van der Waals surface area contributed by atoms with Crippen molar-refractivity contribution in [2.45, 2.75) is 26.9 Å². The summed E-state index contributed by atoms with van der Waals surface area (Å²) in [7, 11) is 0. The van der Waals surface area contributed by atoms with Gasteiger partial charge in [-0.05, 0) is 6.92 Å². The molecule has 16 heavy (non-hydrogen) atoms. The Morgan fingerprint density at radius 1 is 1.25 bits per heavy atom. The molecule has 0 aromatic carbocycles. The van der Waals surface area contributed by atoms with Gasteiger partial charge in [0.2, 0.25) is 0 Å². The predicted octanol–water partition coefficient (Wildman–Crippen LogP) is 1.46. The van der Waals surface area contributed by atoms with Gasteiger partial charge in [0, 0.05) is 18.5 Å². The number of carbonyl (C=O) groups is 1. The van der Waals surface area contributed by atoms with Crippen LogP contribution in [-0.4, -0.2) is 48.2 Å². The third-order valence-electron chi connectivity index (χ3n) is 2.39. The topological polar surface area (TPSA) is 40.5 Å². The Kier molecular flexibility index (Phi) is 5.41. The lowest BCUT2D eigenvalue weighted by molar-refractivity contribution is -0.152. The third-order valence-corrected chi connectivity index (χ3v) is 2.39. The number of ketones is 1. The van der Waals surface area contributed by atoms with Crippen molar-refractivity contribution in [1.29, 1.82) is 0 Å². The van der Waals surface area contributed by atoms with Gasteiger partial charge < -0.3 is 5.11 Å². The fourth-order valence-electron chi connectivity index (χ4n) is 1.28. The molecule has 0 aliphatic carbocycles. The van der Waals surface area contributed by atoms with E-state index >= 15 is 0 Å². The largest absolute Gasteiger partial charge is 0.401 e.